The summed E-state index contributed by atoms with van der Waals surface area (Å²) in [7, 11) is -2.98. The zero-order chi connectivity index (χ0) is 15.4. The third-order valence-corrected chi connectivity index (χ3v) is 3.69. The molecular weight excluding hydrogens is 291 g/mol. The number of hydrogen-bond donors (Lipinski definition) is 2. The molecule has 0 saturated carbocycles. The maximum atomic E-state index is 13.7. The van der Waals surface area contributed by atoms with Crippen LogP contribution in [0.3, 0.4) is 0 Å². The Hall–Kier alpha value is -1.58. The lowest BCUT2D eigenvalue weighted by atomic mass is 10.1. The number of ether oxygens (including phenoxy) is 1. The molecule has 112 valence electrons. The molecule has 1 rings (SSSR count). The number of rotatable bonds is 7. The van der Waals surface area contributed by atoms with E-state index in [0.29, 0.717) is 0 Å². The van der Waals surface area contributed by atoms with E-state index in [1.165, 1.54) is 18.3 Å². The van der Waals surface area contributed by atoms with Crippen molar-refractivity contribution in [1.29, 1.82) is 0 Å². The average molecular weight is 306 g/mol. The molecule has 0 spiro atoms. The second-order valence-electron chi connectivity index (χ2n) is 4.08. The number of carboxylic acids is 1. The Kier molecular flexibility index (Phi) is 5.15. The lowest BCUT2D eigenvalue weighted by Gasteiger charge is -2.18. The van der Waals surface area contributed by atoms with Gasteiger partial charge in [-0.25, -0.2) is 18.4 Å². The second kappa shape index (κ2) is 6.25. The summed E-state index contributed by atoms with van der Waals surface area (Å²) in [5.74, 6) is -4.52. The fraction of sp³-hybridized carbons (Fsp3) is 0.455. The van der Waals surface area contributed by atoms with Gasteiger partial charge in [0.1, 0.15) is 4.90 Å². The van der Waals surface area contributed by atoms with E-state index in [9.17, 15) is 17.6 Å². The number of halogens is 1. The molecule has 0 aliphatic heterocycles. The molecule has 0 aliphatic carbocycles. The SMILES string of the molecule is COC(F)(CCCc1ncccc1S(N)(=O)=O)C(=O)O. The smallest absolute Gasteiger partial charge is 0.369 e. The molecule has 0 fully saturated rings. The van der Waals surface area contributed by atoms with Crippen LogP contribution >= 0.6 is 0 Å². The van der Waals surface area contributed by atoms with Gasteiger partial charge in [0, 0.05) is 19.7 Å². The second-order valence-corrected chi connectivity index (χ2v) is 5.61. The topological polar surface area (TPSA) is 120 Å². The minimum Gasteiger partial charge on any atom is -0.477 e. The number of nitrogens with two attached hydrogens (primary N) is 1. The van der Waals surface area contributed by atoms with Gasteiger partial charge in [0.15, 0.2) is 0 Å². The molecular formula is C11H15FN2O5S. The van der Waals surface area contributed by atoms with Gasteiger partial charge in [-0.05, 0) is 25.0 Å². The van der Waals surface area contributed by atoms with Crippen LogP contribution in [0, 0.1) is 0 Å². The first-order chi connectivity index (χ1) is 9.20. The van der Waals surface area contributed by atoms with Crippen LogP contribution < -0.4 is 5.14 Å². The Morgan fingerprint density at radius 1 is 1.60 bits per heavy atom. The van der Waals surface area contributed by atoms with Crippen molar-refractivity contribution in [3.05, 3.63) is 24.0 Å². The van der Waals surface area contributed by atoms with E-state index in [0.717, 1.165) is 7.11 Å². The largest absolute Gasteiger partial charge is 0.477 e. The Morgan fingerprint density at radius 3 is 2.75 bits per heavy atom. The monoisotopic (exact) mass is 306 g/mol. The van der Waals surface area contributed by atoms with Gasteiger partial charge in [-0.3, -0.25) is 4.98 Å². The Morgan fingerprint density at radius 2 is 2.25 bits per heavy atom. The molecule has 1 atom stereocenters. The van der Waals surface area contributed by atoms with Crippen LogP contribution in [0.2, 0.25) is 0 Å². The summed E-state index contributed by atoms with van der Waals surface area (Å²) in [5.41, 5.74) is 0.166. The zero-order valence-electron chi connectivity index (χ0n) is 10.7. The molecule has 1 unspecified atom stereocenters. The van der Waals surface area contributed by atoms with Gasteiger partial charge < -0.3 is 9.84 Å². The Balaban J connectivity index is 2.80. The first kappa shape index (κ1) is 16.5. The van der Waals surface area contributed by atoms with E-state index in [4.69, 9.17) is 10.2 Å². The van der Waals surface area contributed by atoms with Gasteiger partial charge in [0.05, 0.1) is 5.69 Å². The summed E-state index contributed by atoms with van der Waals surface area (Å²) in [6.07, 6.45) is 1.05. The van der Waals surface area contributed by atoms with Crippen molar-refractivity contribution in [1.82, 2.24) is 4.98 Å². The molecule has 1 aromatic heterocycles. The number of aliphatic carboxylic acids is 1. The number of carbonyl (C=O) groups is 1. The summed E-state index contributed by atoms with van der Waals surface area (Å²) in [6.45, 7) is 0. The lowest BCUT2D eigenvalue weighted by molar-refractivity contribution is -0.189. The Bertz CT molecular complexity index is 592. The third-order valence-electron chi connectivity index (χ3n) is 2.71. The maximum Gasteiger partial charge on any atom is 0.369 e. The summed E-state index contributed by atoms with van der Waals surface area (Å²) >= 11 is 0. The van der Waals surface area contributed by atoms with Crippen molar-refractivity contribution in [2.24, 2.45) is 5.14 Å². The highest BCUT2D eigenvalue weighted by Crippen LogP contribution is 2.22. The molecule has 0 amide bonds. The quantitative estimate of drug-likeness (QED) is 0.754. The van der Waals surface area contributed by atoms with E-state index >= 15 is 0 Å². The van der Waals surface area contributed by atoms with Gasteiger partial charge in [0.25, 0.3) is 0 Å². The van der Waals surface area contributed by atoms with E-state index in [-0.39, 0.29) is 23.4 Å². The number of aromatic nitrogens is 1. The summed E-state index contributed by atoms with van der Waals surface area (Å²) in [5, 5.41) is 13.7. The number of aryl methyl sites for hydroxylation is 1. The van der Waals surface area contributed by atoms with Gasteiger partial charge in [-0.2, -0.15) is 4.39 Å². The average Bonchev–Trinajstić information content (AvgIpc) is 2.37. The number of sulfonamides is 1. The summed E-state index contributed by atoms with van der Waals surface area (Å²) in [4.78, 5) is 14.4. The van der Waals surface area contributed by atoms with Crippen LogP contribution in [0.25, 0.3) is 0 Å². The number of primary sulfonamides is 1. The molecule has 0 radical (unpaired) electrons. The van der Waals surface area contributed by atoms with Crippen molar-refractivity contribution in [2.45, 2.75) is 30.0 Å². The van der Waals surface area contributed by atoms with Gasteiger partial charge in [-0.1, -0.05) is 0 Å². The summed E-state index contributed by atoms with van der Waals surface area (Å²) < 4.78 is 40.6. The normalized spacial score (nSPS) is 14.8. The molecule has 20 heavy (non-hydrogen) atoms. The highest BCUT2D eigenvalue weighted by atomic mass is 32.2. The van der Waals surface area contributed by atoms with Crippen LogP contribution in [-0.2, 0) is 26.0 Å². The van der Waals surface area contributed by atoms with E-state index in [2.05, 4.69) is 9.72 Å². The third kappa shape index (κ3) is 3.95. The van der Waals surface area contributed by atoms with Crippen LogP contribution in [0.5, 0.6) is 0 Å². The van der Waals surface area contributed by atoms with Crippen LogP contribution in [-0.4, -0.2) is 37.4 Å². The molecule has 0 saturated heterocycles. The predicted molar refractivity (Wildman–Crippen MR) is 67.0 cm³/mol. The van der Waals surface area contributed by atoms with Crippen molar-refractivity contribution in [2.75, 3.05) is 7.11 Å². The molecule has 3 N–H and O–H groups in total. The highest BCUT2D eigenvalue weighted by Gasteiger charge is 2.38. The number of carboxylic acid groups (broad SMARTS) is 1. The fourth-order valence-corrected chi connectivity index (χ4v) is 2.40. The predicted octanol–water partition coefficient (Wildman–Crippen LogP) is 0.449. The minimum atomic E-state index is -3.93. The molecule has 0 aromatic carbocycles. The number of nitrogens with zero attached hydrogens (tertiary/aromatic N) is 1. The molecule has 1 aromatic rings. The fourth-order valence-electron chi connectivity index (χ4n) is 1.65. The Labute approximate surface area is 115 Å². The van der Waals surface area contributed by atoms with E-state index in [1.54, 1.807) is 0 Å². The first-order valence-electron chi connectivity index (χ1n) is 5.65. The maximum absolute atomic E-state index is 13.7. The lowest BCUT2D eigenvalue weighted by Crippen LogP contribution is -2.35. The number of hydrogen-bond acceptors (Lipinski definition) is 5. The number of alkyl halides is 1. The standard InChI is InChI=1S/C11H15FN2O5S/c1-19-11(12,10(15)16)6-2-4-8-9(20(13,17)18)5-3-7-14-8/h3,5,7H,2,4,6H2,1H3,(H,15,16)(H2,13,17,18). The summed E-state index contributed by atoms with van der Waals surface area (Å²) in [6, 6.07) is 2.70. The van der Waals surface area contributed by atoms with Crippen molar-refractivity contribution in [3.63, 3.8) is 0 Å². The van der Waals surface area contributed by atoms with Crippen LogP contribution in [0.4, 0.5) is 4.39 Å². The van der Waals surface area contributed by atoms with Gasteiger partial charge in [0.2, 0.25) is 10.0 Å². The van der Waals surface area contributed by atoms with Crippen LogP contribution in [0.1, 0.15) is 18.5 Å². The number of methoxy groups -OCH3 is 1. The van der Waals surface area contributed by atoms with Crippen molar-refractivity contribution < 1.29 is 27.4 Å². The molecule has 1 heterocycles. The molecule has 0 aliphatic rings. The minimum absolute atomic E-state index is 0.0379. The van der Waals surface area contributed by atoms with E-state index < -0.39 is 28.3 Å². The van der Waals surface area contributed by atoms with Gasteiger partial charge >= 0.3 is 11.8 Å². The highest BCUT2D eigenvalue weighted by molar-refractivity contribution is 7.89. The van der Waals surface area contributed by atoms with Crippen molar-refractivity contribution >= 4 is 16.0 Å². The zero-order valence-corrected chi connectivity index (χ0v) is 11.6. The first-order valence-corrected chi connectivity index (χ1v) is 7.19. The van der Waals surface area contributed by atoms with Gasteiger partial charge in [-0.15, -0.1) is 0 Å². The molecule has 9 heteroatoms. The van der Waals surface area contributed by atoms with E-state index in [1.807, 2.05) is 0 Å². The van der Waals surface area contributed by atoms with Crippen LogP contribution in [0.15, 0.2) is 23.2 Å². The molecule has 0 bridgehead atoms. The van der Waals surface area contributed by atoms with Crippen molar-refractivity contribution in [3.8, 4) is 0 Å². The number of pyridine rings is 1. The molecule has 7 nitrogen and oxygen atoms in total.